The first-order valence-electron chi connectivity index (χ1n) is 5.36. The molecule has 1 atom stereocenters. The Morgan fingerprint density at radius 2 is 1.89 bits per heavy atom. The number of ether oxygens (including phenoxy) is 2. The number of hydrogen-bond acceptors (Lipinski definition) is 3. The molecule has 0 spiro atoms. The molecule has 0 radical (unpaired) electrons. The largest absolute Gasteiger partial charge is 0.495 e. The van der Waals surface area contributed by atoms with Gasteiger partial charge in [0.1, 0.15) is 16.0 Å². The second kappa shape index (κ2) is 6.61. The van der Waals surface area contributed by atoms with Crippen molar-refractivity contribution in [3.63, 3.8) is 0 Å². The topological polar surface area (TPSA) is 18.5 Å². The van der Waals surface area contributed by atoms with E-state index >= 15 is 0 Å². The molecule has 1 aromatic carbocycles. The summed E-state index contributed by atoms with van der Waals surface area (Å²) in [5.74, 6) is 1.54. The highest BCUT2D eigenvalue weighted by atomic mass is 79.9. The van der Waals surface area contributed by atoms with E-state index in [0.717, 1.165) is 25.3 Å². The van der Waals surface area contributed by atoms with Gasteiger partial charge in [0.25, 0.3) is 0 Å². The molecule has 0 saturated carbocycles. The fraction of sp³-hybridized carbons (Fsp3) is 0.231. The highest BCUT2D eigenvalue weighted by molar-refractivity contribution is 9.11. The van der Waals surface area contributed by atoms with E-state index in [1.807, 2.05) is 12.1 Å². The minimum Gasteiger partial charge on any atom is -0.495 e. The van der Waals surface area contributed by atoms with Gasteiger partial charge in [0.15, 0.2) is 0 Å². The second-order valence-corrected chi connectivity index (χ2v) is 7.75. The Morgan fingerprint density at radius 1 is 1.16 bits per heavy atom. The highest BCUT2D eigenvalue weighted by Crippen LogP contribution is 2.45. The van der Waals surface area contributed by atoms with Crippen LogP contribution in [0.4, 0.5) is 0 Å². The van der Waals surface area contributed by atoms with Crippen LogP contribution in [-0.2, 0) is 0 Å². The molecule has 2 rings (SSSR count). The van der Waals surface area contributed by atoms with Crippen LogP contribution >= 0.6 is 59.1 Å². The summed E-state index contributed by atoms with van der Waals surface area (Å²) in [5.41, 5.74) is 2.24. The summed E-state index contributed by atoms with van der Waals surface area (Å²) in [4.78, 5) is 0.0761. The third-order valence-electron chi connectivity index (χ3n) is 2.67. The number of hydrogen-bond donors (Lipinski definition) is 0. The predicted molar refractivity (Wildman–Crippen MR) is 90.0 cm³/mol. The zero-order valence-electron chi connectivity index (χ0n) is 10.2. The molecule has 1 aromatic heterocycles. The number of rotatable bonds is 4. The van der Waals surface area contributed by atoms with Gasteiger partial charge in [0.2, 0.25) is 0 Å². The Bertz CT molecular complexity index is 583. The van der Waals surface area contributed by atoms with E-state index in [2.05, 4.69) is 59.2 Å². The number of thiophene rings is 1. The van der Waals surface area contributed by atoms with E-state index in [1.165, 1.54) is 5.56 Å². The average Bonchev–Trinajstić information content (AvgIpc) is 2.84. The zero-order chi connectivity index (χ0) is 14.0. The van der Waals surface area contributed by atoms with Gasteiger partial charge >= 0.3 is 0 Å². The lowest BCUT2D eigenvalue weighted by atomic mass is 10.1. The predicted octanol–water partition coefficient (Wildman–Crippen LogP) is 5.77. The molecule has 0 bridgehead atoms. The van der Waals surface area contributed by atoms with Crippen LogP contribution in [0.2, 0.25) is 0 Å². The van der Waals surface area contributed by atoms with Crippen molar-refractivity contribution >= 4 is 59.1 Å². The van der Waals surface area contributed by atoms with Gasteiger partial charge < -0.3 is 9.47 Å². The van der Waals surface area contributed by atoms with E-state index < -0.39 is 0 Å². The first-order chi connectivity index (χ1) is 9.08. The average molecular weight is 471 g/mol. The van der Waals surface area contributed by atoms with Crippen molar-refractivity contribution < 1.29 is 9.47 Å². The summed E-state index contributed by atoms with van der Waals surface area (Å²) in [6.07, 6.45) is 0. The van der Waals surface area contributed by atoms with Crippen LogP contribution in [0.1, 0.15) is 16.0 Å². The Kier molecular flexibility index (Phi) is 5.34. The minimum absolute atomic E-state index is 0.0761. The van der Waals surface area contributed by atoms with Gasteiger partial charge in [0.05, 0.1) is 22.8 Å². The highest BCUT2D eigenvalue weighted by Gasteiger charge is 2.20. The van der Waals surface area contributed by atoms with Crippen LogP contribution < -0.4 is 9.47 Å². The first-order valence-corrected chi connectivity index (χ1v) is 8.75. The Balaban J connectivity index is 2.47. The number of methoxy groups -OCH3 is 2. The van der Waals surface area contributed by atoms with E-state index in [0.29, 0.717) is 0 Å². The van der Waals surface area contributed by atoms with Crippen molar-refractivity contribution in [2.75, 3.05) is 14.2 Å². The molecular formula is C13H11Br3O2S. The van der Waals surface area contributed by atoms with Gasteiger partial charge in [-0.25, -0.2) is 0 Å². The maximum atomic E-state index is 5.50. The molecule has 2 nitrogen and oxygen atoms in total. The lowest BCUT2D eigenvalue weighted by Gasteiger charge is -2.16. The molecule has 1 heterocycles. The number of benzene rings is 1. The van der Waals surface area contributed by atoms with E-state index in [-0.39, 0.29) is 4.83 Å². The normalized spacial score (nSPS) is 12.3. The minimum atomic E-state index is 0.0761. The molecule has 0 aliphatic rings. The van der Waals surface area contributed by atoms with Gasteiger partial charge in [-0.05, 0) is 54.9 Å². The molecule has 0 saturated heterocycles. The van der Waals surface area contributed by atoms with Crippen LogP contribution in [0.5, 0.6) is 11.5 Å². The van der Waals surface area contributed by atoms with Crippen molar-refractivity contribution in [3.8, 4) is 11.5 Å². The Morgan fingerprint density at radius 3 is 2.42 bits per heavy atom. The van der Waals surface area contributed by atoms with Gasteiger partial charge in [-0.3, -0.25) is 0 Å². The Labute approximate surface area is 141 Å². The molecular weight excluding hydrogens is 460 g/mol. The summed E-state index contributed by atoms with van der Waals surface area (Å²) in [6, 6.07) is 6.03. The second-order valence-electron chi connectivity index (χ2n) is 3.75. The molecule has 2 aromatic rings. The van der Waals surface area contributed by atoms with Crippen LogP contribution in [0.15, 0.2) is 31.8 Å². The lowest BCUT2D eigenvalue weighted by Crippen LogP contribution is -1.98. The van der Waals surface area contributed by atoms with Crippen molar-refractivity contribution in [2.24, 2.45) is 0 Å². The molecule has 1 unspecified atom stereocenters. The van der Waals surface area contributed by atoms with Crippen LogP contribution in [0, 0.1) is 0 Å². The summed E-state index contributed by atoms with van der Waals surface area (Å²) >= 11 is 12.4. The van der Waals surface area contributed by atoms with Crippen molar-refractivity contribution in [1.29, 1.82) is 0 Å². The van der Waals surface area contributed by atoms with E-state index in [4.69, 9.17) is 9.47 Å². The molecule has 0 N–H and O–H groups in total. The maximum Gasteiger partial charge on any atom is 0.141 e. The smallest absolute Gasteiger partial charge is 0.141 e. The van der Waals surface area contributed by atoms with E-state index in [9.17, 15) is 0 Å². The number of alkyl halides is 1. The van der Waals surface area contributed by atoms with Crippen molar-refractivity contribution in [3.05, 3.63) is 43.0 Å². The SMILES string of the molecule is COc1ccc(C(Br)c2csc(Br)c2)c(OC)c1Br. The third kappa shape index (κ3) is 3.17. The van der Waals surface area contributed by atoms with Gasteiger partial charge in [-0.15, -0.1) is 11.3 Å². The summed E-state index contributed by atoms with van der Waals surface area (Å²) in [6.45, 7) is 0. The molecule has 0 fully saturated rings. The Hall–Kier alpha value is -0.0400. The summed E-state index contributed by atoms with van der Waals surface area (Å²) in [5, 5.41) is 2.11. The van der Waals surface area contributed by atoms with Crippen LogP contribution in [0.25, 0.3) is 0 Å². The van der Waals surface area contributed by atoms with Crippen molar-refractivity contribution in [1.82, 2.24) is 0 Å². The van der Waals surface area contributed by atoms with E-state index in [1.54, 1.807) is 25.6 Å². The van der Waals surface area contributed by atoms with Gasteiger partial charge in [0, 0.05) is 5.56 Å². The fourth-order valence-electron chi connectivity index (χ4n) is 1.75. The molecule has 0 aliphatic heterocycles. The molecule has 0 amide bonds. The third-order valence-corrected chi connectivity index (χ3v) is 5.97. The maximum absolute atomic E-state index is 5.50. The van der Waals surface area contributed by atoms with Crippen molar-refractivity contribution in [2.45, 2.75) is 4.83 Å². The molecule has 19 heavy (non-hydrogen) atoms. The first kappa shape index (κ1) is 15.4. The summed E-state index contributed by atoms with van der Waals surface area (Å²) in [7, 11) is 3.30. The van der Waals surface area contributed by atoms with Crippen LogP contribution in [-0.4, -0.2) is 14.2 Å². The monoisotopic (exact) mass is 468 g/mol. The quantitative estimate of drug-likeness (QED) is 0.528. The number of halogens is 3. The summed E-state index contributed by atoms with van der Waals surface area (Å²) < 4.78 is 12.7. The lowest BCUT2D eigenvalue weighted by molar-refractivity contribution is 0.386. The molecule has 102 valence electrons. The van der Waals surface area contributed by atoms with Crippen LogP contribution in [0.3, 0.4) is 0 Å². The van der Waals surface area contributed by atoms with Gasteiger partial charge in [-0.2, -0.15) is 0 Å². The molecule has 6 heteroatoms. The fourth-order valence-corrected chi connectivity index (χ4v) is 4.44. The standard InChI is InChI=1S/C13H11Br3O2S/c1-17-9-4-3-8(13(18-2)12(9)16)11(15)7-5-10(14)19-6-7/h3-6,11H,1-2H3. The molecule has 0 aliphatic carbocycles. The zero-order valence-corrected chi connectivity index (χ0v) is 15.8. The van der Waals surface area contributed by atoms with Gasteiger partial charge in [-0.1, -0.05) is 22.0 Å².